The number of nitrogens with zero attached hydrogens (tertiary/aromatic N) is 1. The highest BCUT2D eigenvalue weighted by molar-refractivity contribution is 8.00. The largest absolute Gasteiger partial charge is 0.399 e. The molecule has 0 spiro atoms. The monoisotopic (exact) mass is 494 g/mol. The van der Waals surface area contributed by atoms with Gasteiger partial charge in [0.1, 0.15) is 0 Å². The lowest BCUT2D eigenvalue weighted by molar-refractivity contribution is -0.118. The second-order valence-electron chi connectivity index (χ2n) is 6.95. The van der Waals surface area contributed by atoms with Crippen LogP contribution in [0, 0.1) is 0 Å². The molecule has 172 valence electrons. The van der Waals surface area contributed by atoms with E-state index in [2.05, 4.69) is 15.6 Å². The number of para-hydroxylation sites is 1. The van der Waals surface area contributed by atoms with Crippen LogP contribution in [0.5, 0.6) is 0 Å². The molecule has 0 atom stereocenters. The lowest BCUT2D eigenvalue weighted by atomic mass is 10.1. The van der Waals surface area contributed by atoms with E-state index in [4.69, 9.17) is 5.73 Å². The zero-order chi connectivity index (χ0) is 21.2. The van der Waals surface area contributed by atoms with Crippen LogP contribution < -0.4 is 16.4 Å². The van der Waals surface area contributed by atoms with Gasteiger partial charge in [0.15, 0.2) is 0 Å². The minimum Gasteiger partial charge on any atom is -0.399 e. The summed E-state index contributed by atoms with van der Waals surface area (Å²) in [5, 5.41) is 6.87. The normalized spacial score (nSPS) is 10.0. The number of aromatic nitrogens is 1. The third-order valence-electron chi connectivity index (χ3n) is 4.56. The minimum absolute atomic E-state index is 0. The molecule has 3 aromatic rings. The zero-order valence-corrected chi connectivity index (χ0v) is 20.0. The molecule has 0 fully saturated rings. The predicted octanol–water partition coefficient (Wildman–Crippen LogP) is 5.07. The summed E-state index contributed by atoms with van der Waals surface area (Å²) in [5.41, 5.74) is 7.90. The summed E-state index contributed by atoms with van der Waals surface area (Å²) in [5.74, 6) is 0.376. The Kier molecular flexibility index (Phi) is 12.5. The van der Waals surface area contributed by atoms with Crippen LogP contribution >= 0.6 is 36.6 Å². The zero-order valence-electron chi connectivity index (χ0n) is 17.6. The summed E-state index contributed by atoms with van der Waals surface area (Å²) in [6, 6.07) is 17.1. The van der Waals surface area contributed by atoms with Crippen LogP contribution in [-0.4, -0.2) is 29.1 Å². The predicted molar refractivity (Wildman–Crippen MR) is 138 cm³/mol. The van der Waals surface area contributed by atoms with E-state index in [0.29, 0.717) is 24.4 Å². The number of carbonyl (C=O) groups is 2. The second-order valence-corrected chi connectivity index (χ2v) is 8.00. The number of unbranched alkanes of at least 4 members (excludes halogenated alkanes) is 2. The highest BCUT2D eigenvalue weighted by atomic mass is 35.5. The van der Waals surface area contributed by atoms with E-state index in [1.807, 2.05) is 54.6 Å². The number of nitrogen functional groups attached to an aromatic ring is 1. The fraction of sp³-hybridized carbons (Fsp3) is 0.261. The van der Waals surface area contributed by atoms with Gasteiger partial charge in [-0.2, -0.15) is 0 Å². The maximum atomic E-state index is 12.2. The quantitative estimate of drug-likeness (QED) is 0.207. The first-order valence-electron chi connectivity index (χ1n) is 10.0. The number of hydrogen-bond donors (Lipinski definition) is 3. The molecule has 0 saturated carbocycles. The van der Waals surface area contributed by atoms with Crippen molar-refractivity contribution in [2.24, 2.45) is 0 Å². The second kappa shape index (κ2) is 14.6. The van der Waals surface area contributed by atoms with Crippen LogP contribution in [0.4, 0.5) is 11.4 Å². The number of nitrogens with two attached hydrogens (primary N) is 1. The summed E-state index contributed by atoms with van der Waals surface area (Å²) in [6.07, 6.45) is 4.68. The molecule has 9 heteroatoms. The Labute approximate surface area is 205 Å². The molecule has 1 heterocycles. The third kappa shape index (κ3) is 8.94. The number of fused-ring (bicyclic) bond motifs is 1. The minimum atomic E-state index is -0.0166. The van der Waals surface area contributed by atoms with Crippen molar-refractivity contribution >= 4 is 70.7 Å². The fourth-order valence-corrected chi connectivity index (χ4v) is 3.73. The molecular formula is C23H28Cl2N4O2S. The van der Waals surface area contributed by atoms with Gasteiger partial charge in [0.25, 0.3) is 0 Å². The average Bonchev–Trinajstić information content (AvgIpc) is 2.76. The van der Waals surface area contributed by atoms with Crippen LogP contribution in [0.2, 0.25) is 0 Å². The van der Waals surface area contributed by atoms with E-state index >= 15 is 0 Å². The van der Waals surface area contributed by atoms with Crippen molar-refractivity contribution in [3.63, 3.8) is 0 Å². The Hall–Kier alpha value is -2.48. The smallest absolute Gasteiger partial charge is 0.230 e. The summed E-state index contributed by atoms with van der Waals surface area (Å²) in [6.45, 7) is 0.621. The van der Waals surface area contributed by atoms with Crippen LogP contribution in [0.3, 0.4) is 0 Å². The average molecular weight is 495 g/mol. The van der Waals surface area contributed by atoms with Gasteiger partial charge in [-0.1, -0.05) is 24.6 Å². The van der Waals surface area contributed by atoms with Gasteiger partial charge in [0, 0.05) is 35.1 Å². The molecule has 2 amide bonds. The highest BCUT2D eigenvalue weighted by Gasteiger charge is 2.07. The molecule has 0 aliphatic heterocycles. The standard InChI is InChI=1S/C23H26N4O2S.2ClH/c24-18-10-12-19(13-11-18)30-16-22(29)25-14-3-1-2-9-21(28)27-20-8-4-6-17-7-5-15-26-23(17)20;;/h4-8,10-13,15H,1-3,9,14,16,24H2,(H,25,29)(H,27,28);2*1H. The maximum absolute atomic E-state index is 12.2. The molecule has 0 bridgehead atoms. The van der Waals surface area contributed by atoms with Gasteiger partial charge in [-0.15, -0.1) is 36.6 Å². The van der Waals surface area contributed by atoms with E-state index in [1.54, 1.807) is 6.20 Å². The Morgan fingerprint density at radius 1 is 0.906 bits per heavy atom. The number of anilines is 2. The summed E-state index contributed by atoms with van der Waals surface area (Å²) in [7, 11) is 0. The Bertz CT molecular complexity index is 997. The number of nitrogens with one attached hydrogen (secondary N) is 2. The molecule has 32 heavy (non-hydrogen) atoms. The van der Waals surface area contributed by atoms with Crippen molar-refractivity contribution in [3.05, 3.63) is 60.8 Å². The molecule has 1 aromatic heterocycles. The Morgan fingerprint density at radius 2 is 1.66 bits per heavy atom. The molecule has 0 saturated heterocycles. The van der Waals surface area contributed by atoms with Crippen LogP contribution in [0.25, 0.3) is 10.9 Å². The number of rotatable bonds is 10. The van der Waals surface area contributed by atoms with E-state index in [0.717, 1.165) is 40.7 Å². The van der Waals surface area contributed by atoms with E-state index in [1.165, 1.54) is 11.8 Å². The van der Waals surface area contributed by atoms with Gasteiger partial charge in [0.2, 0.25) is 11.8 Å². The molecule has 0 unspecified atom stereocenters. The number of benzene rings is 2. The van der Waals surface area contributed by atoms with Gasteiger partial charge in [0.05, 0.1) is 17.0 Å². The van der Waals surface area contributed by atoms with Crippen LogP contribution in [0.1, 0.15) is 25.7 Å². The number of carbonyl (C=O) groups excluding carboxylic acids is 2. The van der Waals surface area contributed by atoms with Crippen molar-refractivity contribution in [2.45, 2.75) is 30.6 Å². The first kappa shape index (κ1) is 27.6. The van der Waals surface area contributed by atoms with Crippen molar-refractivity contribution in [1.29, 1.82) is 0 Å². The Morgan fingerprint density at radius 3 is 2.44 bits per heavy atom. The molecule has 0 radical (unpaired) electrons. The van der Waals surface area contributed by atoms with Gasteiger partial charge in [-0.3, -0.25) is 14.6 Å². The highest BCUT2D eigenvalue weighted by Crippen LogP contribution is 2.21. The van der Waals surface area contributed by atoms with Crippen LogP contribution in [-0.2, 0) is 9.59 Å². The lowest BCUT2D eigenvalue weighted by Crippen LogP contribution is -2.26. The topological polar surface area (TPSA) is 97.1 Å². The molecule has 0 aliphatic carbocycles. The van der Waals surface area contributed by atoms with Gasteiger partial charge in [-0.25, -0.2) is 0 Å². The summed E-state index contributed by atoms with van der Waals surface area (Å²) < 4.78 is 0. The first-order valence-corrected chi connectivity index (χ1v) is 11.0. The lowest BCUT2D eigenvalue weighted by Gasteiger charge is -2.08. The first-order chi connectivity index (χ1) is 14.6. The van der Waals surface area contributed by atoms with E-state index in [9.17, 15) is 9.59 Å². The van der Waals surface area contributed by atoms with Gasteiger partial charge >= 0.3 is 0 Å². The Balaban J connectivity index is 0.00000256. The van der Waals surface area contributed by atoms with Gasteiger partial charge < -0.3 is 16.4 Å². The van der Waals surface area contributed by atoms with Crippen molar-refractivity contribution in [3.8, 4) is 0 Å². The molecule has 6 nitrogen and oxygen atoms in total. The fourth-order valence-electron chi connectivity index (χ4n) is 3.00. The summed E-state index contributed by atoms with van der Waals surface area (Å²) in [4.78, 5) is 29.5. The molecule has 3 rings (SSSR count). The molecule has 0 aliphatic rings. The number of halogens is 2. The number of amides is 2. The molecule has 4 N–H and O–H groups in total. The molecular weight excluding hydrogens is 467 g/mol. The van der Waals surface area contributed by atoms with Crippen molar-refractivity contribution in [1.82, 2.24) is 10.3 Å². The van der Waals surface area contributed by atoms with Gasteiger partial charge in [-0.05, 0) is 49.2 Å². The van der Waals surface area contributed by atoms with E-state index < -0.39 is 0 Å². The molecule has 2 aromatic carbocycles. The van der Waals surface area contributed by atoms with Crippen molar-refractivity contribution < 1.29 is 9.59 Å². The maximum Gasteiger partial charge on any atom is 0.230 e. The number of thioether (sulfide) groups is 1. The summed E-state index contributed by atoms with van der Waals surface area (Å²) >= 11 is 1.49. The van der Waals surface area contributed by atoms with E-state index in [-0.39, 0.29) is 36.6 Å². The third-order valence-corrected chi connectivity index (χ3v) is 5.57. The number of pyridine rings is 1. The SMILES string of the molecule is Cl.Cl.Nc1ccc(SCC(=O)NCCCCCC(=O)Nc2cccc3cccnc23)cc1. The number of hydrogen-bond acceptors (Lipinski definition) is 5. The van der Waals surface area contributed by atoms with Crippen molar-refractivity contribution in [2.75, 3.05) is 23.3 Å². The van der Waals surface area contributed by atoms with Crippen LogP contribution in [0.15, 0.2) is 65.7 Å².